The number of amides is 2. The number of nitrogens with zero attached hydrogens (tertiary/aromatic N) is 2. The fraction of sp³-hybridized carbons (Fsp3) is 0.467. The summed E-state index contributed by atoms with van der Waals surface area (Å²) in [7, 11) is -3.52. The van der Waals surface area contributed by atoms with Gasteiger partial charge in [-0.25, -0.2) is 13.1 Å². The molecule has 0 saturated carbocycles. The number of anilines is 1. The second kappa shape index (κ2) is 13.8. The van der Waals surface area contributed by atoms with Crippen molar-refractivity contribution in [3.8, 4) is 0 Å². The minimum atomic E-state index is -4.41. The Hall–Kier alpha value is -3.22. The monoisotopic (exact) mass is 606 g/mol. The van der Waals surface area contributed by atoms with Gasteiger partial charge in [0.25, 0.3) is 5.91 Å². The van der Waals surface area contributed by atoms with Gasteiger partial charge in [-0.05, 0) is 92.6 Å². The summed E-state index contributed by atoms with van der Waals surface area (Å²) in [5, 5.41) is 4.22. The Morgan fingerprint density at radius 3 is 2.40 bits per heavy atom. The quantitative estimate of drug-likeness (QED) is 0.400. The zero-order chi connectivity index (χ0) is 30.3. The zero-order valence-electron chi connectivity index (χ0n) is 23.4. The van der Waals surface area contributed by atoms with Crippen molar-refractivity contribution < 1.29 is 31.2 Å². The van der Waals surface area contributed by atoms with Crippen LogP contribution in [0.15, 0.2) is 60.5 Å². The largest absolute Gasteiger partial charge is 0.416 e. The number of hydrogen-bond donors (Lipinski definition) is 2. The van der Waals surface area contributed by atoms with Crippen LogP contribution >= 0.6 is 0 Å². The number of carbonyl (C=O) groups excluding carboxylic acids is 2. The van der Waals surface area contributed by atoms with E-state index in [1.807, 2.05) is 0 Å². The first-order chi connectivity index (χ1) is 19.9. The molecule has 42 heavy (non-hydrogen) atoms. The standard InChI is InChI=1S/C30H37F3N4O4S/c1-2-42(40,41)35-19-24-15-17-36(20-24)29(39)25-8-12-27(13-9-25)37(21-23-4-3-16-34-18-23)28(38)14-7-22-5-10-26(11-6-22)30(31,32)33/h2,5-6,8-13,23-24,34-35H,1,3-4,7,14-21H2. The van der Waals surface area contributed by atoms with Gasteiger partial charge in [0, 0.05) is 49.3 Å². The molecule has 2 aromatic rings. The number of nitrogens with one attached hydrogen (secondary N) is 2. The van der Waals surface area contributed by atoms with Gasteiger partial charge in [0.15, 0.2) is 0 Å². The van der Waals surface area contributed by atoms with E-state index in [0.717, 1.165) is 43.5 Å². The van der Waals surface area contributed by atoms with E-state index < -0.39 is 21.8 Å². The van der Waals surface area contributed by atoms with Gasteiger partial charge in [0.1, 0.15) is 0 Å². The molecule has 2 aromatic carbocycles. The van der Waals surface area contributed by atoms with Crippen molar-refractivity contribution in [1.29, 1.82) is 0 Å². The lowest BCUT2D eigenvalue weighted by molar-refractivity contribution is -0.137. The molecule has 4 rings (SSSR count). The summed E-state index contributed by atoms with van der Waals surface area (Å²) >= 11 is 0. The van der Waals surface area contributed by atoms with Crippen molar-refractivity contribution in [1.82, 2.24) is 14.9 Å². The number of halogens is 3. The number of hydrogen-bond acceptors (Lipinski definition) is 5. The Morgan fingerprint density at radius 1 is 1.07 bits per heavy atom. The van der Waals surface area contributed by atoms with Crippen molar-refractivity contribution in [3.05, 3.63) is 77.2 Å². The first-order valence-corrected chi connectivity index (χ1v) is 15.7. The van der Waals surface area contributed by atoms with Crippen molar-refractivity contribution in [2.75, 3.05) is 44.2 Å². The topological polar surface area (TPSA) is 98.8 Å². The molecule has 2 fully saturated rings. The number of aryl methyl sites for hydroxylation is 1. The van der Waals surface area contributed by atoms with E-state index in [-0.39, 0.29) is 36.6 Å². The number of carbonyl (C=O) groups is 2. The predicted octanol–water partition coefficient (Wildman–Crippen LogP) is 4.20. The van der Waals surface area contributed by atoms with E-state index in [1.165, 1.54) is 12.1 Å². The van der Waals surface area contributed by atoms with Gasteiger partial charge in [0.2, 0.25) is 15.9 Å². The highest BCUT2D eigenvalue weighted by Crippen LogP contribution is 2.29. The van der Waals surface area contributed by atoms with Crippen LogP contribution < -0.4 is 14.9 Å². The third-order valence-corrected chi connectivity index (χ3v) is 8.85. The molecule has 2 saturated heterocycles. The molecule has 2 heterocycles. The van der Waals surface area contributed by atoms with Crippen LogP contribution in [0.4, 0.5) is 18.9 Å². The van der Waals surface area contributed by atoms with Gasteiger partial charge >= 0.3 is 6.18 Å². The molecule has 0 spiro atoms. The molecule has 2 unspecified atom stereocenters. The van der Waals surface area contributed by atoms with Gasteiger partial charge in [0.05, 0.1) is 5.56 Å². The average Bonchev–Trinajstić information content (AvgIpc) is 3.47. The maximum atomic E-state index is 13.4. The number of sulfonamides is 1. The Labute approximate surface area is 245 Å². The van der Waals surface area contributed by atoms with Crippen molar-refractivity contribution in [2.24, 2.45) is 11.8 Å². The summed E-state index contributed by atoms with van der Waals surface area (Å²) in [6.45, 7) is 6.69. The normalized spacial score (nSPS) is 19.5. The Bertz CT molecular complexity index is 1340. The van der Waals surface area contributed by atoms with Crippen LogP contribution in [0.25, 0.3) is 0 Å². The van der Waals surface area contributed by atoms with E-state index >= 15 is 0 Å². The summed E-state index contributed by atoms with van der Waals surface area (Å²) in [5.74, 6) is -0.0313. The van der Waals surface area contributed by atoms with Crippen LogP contribution in [0, 0.1) is 11.8 Å². The highest BCUT2D eigenvalue weighted by atomic mass is 32.2. The van der Waals surface area contributed by atoms with Gasteiger partial charge in [-0.15, -0.1) is 0 Å². The maximum Gasteiger partial charge on any atom is 0.416 e. The molecule has 0 aliphatic carbocycles. The van der Waals surface area contributed by atoms with Gasteiger partial charge in [-0.2, -0.15) is 13.2 Å². The molecule has 2 atom stereocenters. The third kappa shape index (κ3) is 8.65. The molecule has 0 radical (unpaired) electrons. The third-order valence-electron chi connectivity index (χ3n) is 7.84. The van der Waals surface area contributed by atoms with Crippen LogP contribution in [-0.2, 0) is 27.4 Å². The predicted molar refractivity (Wildman–Crippen MR) is 155 cm³/mol. The lowest BCUT2D eigenvalue weighted by atomic mass is 9.98. The summed E-state index contributed by atoms with van der Waals surface area (Å²) in [5.41, 5.74) is 1.06. The second-order valence-electron chi connectivity index (χ2n) is 10.9. The van der Waals surface area contributed by atoms with Gasteiger partial charge in [-0.1, -0.05) is 18.7 Å². The Morgan fingerprint density at radius 2 is 1.79 bits per heavy atom. The van der Waals surface area contributed by atoms with E-state index in [0.29, 0.717) is 49.3 Å². The molecule has 8 nitrogen and oxygen atoms in total. The number of piperidine rings is 1. The maximum absolute atomic E-state index is 13.4. The summed E-state index contributed by atoms with van der Waals surface area (Å²) < 4.78 is 64.4. The molecule has 0 bridgehead atoms. The highest BCUT2D eigenvalue weighted by molar-refractivity contribution is 7.92. The molecule has 2 amide bonds. The van der Waals surface area contributed by atoms with Gasteiger partial charge in [-0.3, -0.25) is 9.59 Å². The summed E-state index contributed by atoms with van der Waals surface area (Å²) in [6, 6.07) is 11.8. The SMILES string of the molecule is C=CS(=O)(=O)NCC1CCN(C(=O)c2ccc(N(CC3CCCNC3)C(=O)CCc3ccc(C(F)(F)F)cc3)cc2)C1. The van der Waals surface area contributed by atoms with Crippen molar-refractivity contribution >= 4 is 27.5 Å². The first kappa shape index (κ1) is 31.7. The summed E-state index contributed by atoms with van der Waals surface area (Å²) in [6.07, 6.45) is -1.29. The van der Waals surface area contributed by atoms with E-state index in [2.05, 4.69) is 16.6 Å². The van der Waals surface area contributed by atoms with Gasteiger partial charge < -0.3 is 15.1 Å². The fourth-order valence-corrected chi connectivity index (χ4v) is 5.96. The van der Waals surface area contributed by atoms with Crippen LogP contribution in [-0.4, -0.2) is 64.4 Å². The van der Waals surface area contributed by atoms with Crippen LogP contribution in [0.5, 0.6) is 0 Å². The second-order valence-corrected chi connectivity index (χ2v) is 12.6. The van der Waals surface area contributed by atoms with Crippen molar-refractivity contribution in [2.45, 2.75) is 38.3 Å². The fourth-order valence-electron chi connectivity index (χ4n) is 5.38. The molecule has 2 aliphatic heterocycles. The highest BCUT2D eigenvalue weighted by Gasteiger charge is 2.30. The molecular formula is C30H37F3N4O4S. The van der Waals surface area contributed by atoms with Crippen molar-refractivity contribution in [3.63, 3.8) is 0 Å². The number of rotatable bonds is 11. The van der Waals surface area contributed by atoms with Crippen LogP contribution in [0.2, 0.25) is 0 Å². The minimum Gasteiger partial charge on any atom is -0.338 e. The van der Waals surface area contributed by atoms with Crippen LogP contribution in [0.3, 0.4) is 0 Å². The molecular weight excluding hydrogens is 569 g/mol. The lowest BCUT2D eigenvalue weighted by Gasteiger charge is -2.30. The van der Waals surface area contributed by atoms with E-state index in [9.17, 15) is 31.2 Å². The number of benzene rings is 2. The smallest absolute Gasteiger partial charge is 0.338 e. The molecule has 12 heteroatoms. The van der Waals surface area contributed by atoms with E-state index in [4.69, 9.17) is 0 Å². The summed E-state index contributed by atoms with van der Waals surface area (Å²) in [4.78, 5) is 30.0. The molecule has 0 aromatic heterocycles. The molecule has 2 aliphatic rings. The molecule has 228 valence electrons. The zero-order valence-corrected chi connectivity index (χ0v) is 24.2. The van der Waals surface area contributed by atoms with E-state index in [1.54, 1.807) is 34.1 Å². The number of likely N-dealkylation sites (tertiary alicyclic amines) is 1. The Balaban J connectivity index is 1.40. The molecule has 2 N–H and O–H groups in total. The van der Waals surface area contributed by atoms with Crippen LogP contribution in [0.1, 0.15) is 47.2 Å². The minimum absolute atomic E-state index is 0.00447. The Kier molecular flexibility index (Phi) is 10.4. The lowest BCUT2D eigenvalue weighted by Crippen LogP contribution is -2.41. The number of alkyl halides is 3. The first-order valence-electron chi connectivity index (χ1n) is 14.1. The average molecular weight is 607 g/mol.